The summed E-state index contributed by atoms with van der Waals surface area (Å²) in [4.78, 5) is 0. The van der Waals surface area contributed by atoms with Gasteiger partial charge >= 0.3 is 0 Å². The first-order valence-corrected chi connectivity index (χ1v) is 9.21. The minimum atomic E-state index is -0.332. The van der Waals surface area contributed by atoms with Crippen molar-refractivity contribution in [3.05, 3.63) is 107 Å². The molecule has 0 fully saturated rings. The summed E-state index contributed by atoms with van der Waals surface area (Å²) in [6.45, 7) is 0. The third-order valence-electron chi connectivity index (χ3n) is 6.14. The summed E-state index contributed by atoms with van der Waals surface area (Å²) >= 11 is 0. The monoisotopic (exact) mass is 346 g/mol. The Bertz CT molecular complexity index is 1210. The number of nitrogens with two attached hydrogens (primary N) is 2. The second-order valence-electron chi connectivity index (χ2n) is 7.45. The summed E-state index contributed by atoms with van der Waals surface area (Å²) in [5, 5.41) is 0. The Hall–Kier alpha value is -3.52. The number of hydrogen-bond donors (Lipinski definition) is 2. The van der Waals surface area contributed by atoms with Gasteiger partial charge in [0.25, 0.3) is 0 Å². The van der Waals surface area contributed by atoms with Crippen LogP contribution < -0.4 is 11.5 Å². The fourth-order valence-electron chi connectivity index (χ4n) is 5.18. The number of benzene rings is 4. The number of anilines is 2. The second kappa shape index (κ2) is 4.80. The van der Waals surface area contributed by atoms with Crippen molar-refractivity contribution in [2.24, 2.45) is 0 Å². The second-order valence-corrected chi connectivity index (χ2v) is 7.45. The maximum atomic E-state index is 6.26. The minimum Gasteiger partial charge on any atom is -0.399 e. The number of nitrogen functional groups attached to an aromatic ring is 2. The minimum absolute atomic E-state index is 0.332. The van der Waals surface area contributed by atoms with Crippen molar-refractivity contribution in [1.29, 1.82) is 0 Å². The van der Waals surface area contributed by atoms with Crippen LogP contribution in [-0.2, 0) is 5.41 Å². The summed E-state index contributed by atoms with van der Waals surface area (Å²) < 4.78 is 0. The molecule has 6 rings (SSSR count). The Labute approximate surface area is 158 Å². The molecule has 0 saturated heterocycles. The maximum absolute atomic E-state index is 6.26. The third-order valence-corrected chi connectivity index (χ3v) is 6.14. The maximum Gasteiger partial charge on any atom is 0.0726 e. The molecule has 0 unspecified atom stereocenters. The SMILES string of the molecule is Nc1ccc2c(c1)-c1ccc(N)cc1C21c2ccccc2-c2ccccc21. The highest BCUT2D eigenvalue weighted by molar-refractivity contribution is 5.96. The lowest BCUT2D eigenvalue weighted by molar-refractivity contribution is 0.794. The van der Waals surface area contributed by atoms with E-state index in [2.05, 4.69) is 72.8 Å². The van der Waals surface area contributed by atoms with Crippen molar-refractivity contribution < 1.29 is 0 Å². The number of hydrogen-bond acceptors (Lipinski definition) is 2. The molecule has 0 amide bonds. The van der Waals surface area contributed by atoms with Gasteiger partial charge in [-0.2, -0.15) is 0 Å². The molecule has 2 aliphatic carbocycles. The van der Waals surface area contributed by atoms with Gasteiger partial charge in [0.1, 0.15) is 0 Å². The van der Waals surface area contributed by atoms with Crippen LogP contribution in [0.15, 0.2) is 84.9 Å². The highest BCUT2D eigenvalue weighted by atomic mass is 14.6. The van der Waals surface area contributed by atoms with Crippen molar-refractivity contribution in [3.8, 4) is 22.3 Å². The Morgan fingerprint density at radius 2 is 0.963 bits per heavy atom. The lowest BCUT2D eigenvalue weighted by Crippen LogP contribution is -2.25. The lowest BCUT2D eigenvalue weighted by Gasteiger charge is -2.30. The average Bonchev–Trinajstić information content (AvgIpc) is 3.14. The van der Waals surface area contributed by atoms with Gasteiger partial charge in [0.2, 0.25) is 0 Å². The molecule has 0 bridgehead atoms. The molecule has 1 spiro atoms. The topological polar surface area (TPSA) is 52.0 Å². The normalized spacial score (nSPS) is 14.5. The van der Waals surface area contributed by atoms with Gasteiger partial charge in [-0.25, -0.2) is 0 Å². The van der Waals surface area contributed by atoms with Crippen molar-refractivity contribution in [1.82, 2.24) is 0 Å². The van der Waals surface area contributed by atoms with Gasteiger partial charge in [0.05, 0.1) is 5.41 Å². The van der Waals surface area contributed by atoms with Gasteiger partial charge in [-0.1, -0.05) is 60.7 Å². The molecule has 0 radical (unpaired) electrons. The van der Waals surface area contributed by atoms with Crippen LogP contribution in [0, 0.1) is 0 Å². The fourth-order valence-corrected chi connectivity index (χ4v) is 5.18. The zero-order chi connectivity index (χ0) is 18.2. The molecule has 0 aliphatic heterocycles. The smallest absolute Gasteiger partial charge is 0.0726 e. The Kier molecular flexibility index (Phi) is 2.60. The Morgan fingerprint density at radius 1 is 0.444 bits per heavy atom. The van der Waals surface area contributed by atoms with Crippen LogP contribution in [-0.4, -0.2) is 0 Å². The van der Waals surface area contributed by atoms with Crippen molar-refractivity contribution in [2.75, 3.05) is 11.5 Å². The summed E-state index contributed by atoms with van der Waals surface area (Å²) in [7, 11) is 0. The quantitative estimate of drug-likeness (QED) is 0.372. The van der Waals surface area contributed by atoms with E-state index in [1.807, 2.05) is 12.1 Å². The van der Waals surface area contributed by atoms with Crippen LogP contribution in [0.25, 0.3) is 22.3 Å². The van der Waals surface area contributed by atoms with E-state index in [1.54, 1.807) is 0 Å². The molecule has 0 atom stereocenters. The van der Waals surface area contributed by atoms with Gasteiger partial charge < -0.3 is 11.5 Å². The van der Waals surface area contributed by atoms with Crippen LogP contribution >= 0.6 is 0 Å². The van der Waals surface area contributed by atoms with Crippen LogP contribution in [0.1, 0.15) is 22.3 Å². The van der Waals surface area contributed by atoms with Gasteiger partial charge in [-0.05, 0) is 68.8 Å². The van der Waals surface area contributed by atoms with Crippen LogP contribution in [0.3, 0.4) is 0 Å². The van der Waals surface area contributed by atoms with E-state index >= 15 is 0 Å². The molecule has 2 nitrogen and oxygen atoms in total. The predicted molar refractivity (Wildman–Crippen MR) is 112 cm³/mol. The van der Waals surface area contributed by atoms with E-state index in [1.165, 1.54) is 44.5 Å². The van der Waals surface area contributed by atoms with Gasteiger partial charge in [-0.3, -0.25) is 0 Å². The van der Waals surface area contributed by atoms with Crippen LogP contribution in [0.4, 0.5) is 11.4 Å². The molecule has 4 N–H and O–H groups in total. The zero-order valence-corrected chi connectivity index (χ0v) is 14.7. The molecular formula is C25H18N2. The first-order valence-electron chi connectivity index (χ1n) is 9.21. The molecule has 0 aromatic heterocycles. The number of rotatable bonds is 0. The van der Waals surface area contributed by atoms with Crippen molar-refractivity contribution in [2.45, 2.75) is 5.41 Å². The lowest BCUT2D eigenvalue weighted by atomic mass is 9.70. The molecule has 27 heavy (non-hydrogen) atoms. The highest BCUT2D eigenvalue weighted by Gasteiger charge is 2.51. The largest absolute Gasteiger partial charge is 0.399 e. The molecule has 4 aromatic rings. The summed E-state index contributed by atoms with van der Waals surface area (Å²) in [5.74, 6) is 0. The van der Waals surface area contributed by atoms with Gasteiger partial charge in [-0.15, -0.1) is 0 Å². The fraction of sp³-hybridized carbons (Fsp3) is 0.0400. The molecule has 128 valence electrons. The first-order chi connectivity index (χ1) is 13.2. The van der Waals surface area contributed by atoms with Gasteiger partial charge in [0, 0.05) is 11.4 Å². The average molecular weight is 346 g/mol. The Balaban J connectivity index is 1.87. The summed E-state index contributed by atoms with van der Waals surface area (Å²) in [6, 6.07) is 30.0. The van der Waals surface area contributed by atoms with Gasteiger partial charge in [0.15, 0.2) is 0 Å². The highest BCUT2D eigenvalue weighted by Crippen LogP contribution is 2.62. The molecule has 0 heterocycles. The number of fused-ring (bicyclic) bond motifs is 10. The van der Waals surface area contributed by atoms with E-state index in [9.17, 15) is 0 Å². The molecule has 0 saturated carbocycles. The van der Waals surface area contributed by atoms with Crippen LogP contribution in [0.2, 0.25) is 0 Å². The van der Waals surface area contributed by atoms with E-state index in [0.29, 0.717) is 0 Å². The first kappa shape index (κ1) is 14.6. The standard InChI is InChI=1S/C25H18N2/c26-15-10-12-23-20(13-15)19-11-9-16(27)14-24(19)25(23)21-7-3-1-5-17(21)18-6-2-4-8-22(18)25/h1-14H,26-27H2. The summed E-state index contributed by atoms with van der Waals surface area (Å²) in [6.07, 6.45) is 0. The molecule has 4 aromatic carbocycles. The third kappa shape index (κ3) is 1.61. The molecular weight excluding hydrogens is 328 g/mol. The van der Waals surface area contributed by atoms with E-state index in [0.717, 1.165) is 11.4 Å². The molecule has 2 heteroatoms. The van der Waals surface area contributed by atoms with E-state index < -0.39 is 0 Å². The Morgan fingerprint density at radius 3 is 1.67 bits per heavy atom. The van der Waals surface area contributed by atoms with Crippen molar-refractivity contribution in [3.63, 3.8) is 0 Å². The van der Waals surface area contributed by atoms with Crippen molar-refractivity contribution >= 4 is 11.4 Å². The predicted octanol–water partition coefficient (Wildman–Crippen LogP) is 5.19. The van der Waals surface area contributed by atoms with E-state index in [-0.39, 0.29) is 5.41 Å². The summed E-state index contributed by atoms with van der Waals surface area (Å²) in [5.41, 5.74) is 23.9. The zero-order valence-electron chi connectivity index (χ0n) is 14.7. The molecule has 2 aliphatic rings. The van der Waals surface area contributed by atoms with Crippen LogP contribution in [0.5, 0.6) is 0 Å². The van der Waals surface area contributed by atoms with E-state index in [4.69, 9.17) is 11.5 Å².